The fourth-order valence-corrected chi connectivity index (χ4v) is 6.86. The van der Waals surface area contributed by atoms with Gasteiger partial charge in [0.15, 0.2) is 0 Å². The summed E-state index contributed by atoms with van der Waals surface area (Å²) in [4.78, 5) is 36.9. The van der Waals surface area contributed by atoms with E-state index in [9.17, 15) is 14.4 Å². The normalized spacial score (nSPS) is 24.4. The lowest BCUT2D eigenvalue weighted by Gasteiger charge is -2.45. The van der Waals surface area contributed by atoms with E-state index < -0.39 is 6.09 Å². The van der Waals surface area contributed by atoms with Crippen LogP contribution in [0.1, 0.15) is 41.6 Å². The molecule has 3 saturated heterocycles. The van der Waals surface area contributed by atoms with Gasteiger partial charge in [-0.05, 0) is 48.2 Å². The van der Waals surface area contributed by atoms with Crippen LogP contribution in [0.2, 0.25) is 0 Å². The number of aldehydes is 1. The molecule has 0 aromatic heterocycles. The van der Waals surface area contributed by atoms with E-state index in [0.29, 0.717) is 66.2 Å². The highest BCUT2D eigenvalue weighted by Gasteiger charge is 2.70. The zero-order valence-corrected chi connectivity index (χ0v) is 24.7. The topological polar surface area (TPSA) is 106 Å². The van der Waals surface area contributed by atoms with Crippen LogP contribution in [0.5, 0.6) is 5.75 Å². The fraction of sp³-hybridized carbons (Fsp3) is 0.382. The number of hydrogen-bond acceptors (Lipinski definition) is 6. The highest BCUT2D eigenvalue weighted by Crippen LogP contribution is 2.51. The smallest absolute Gasteiger partial charge is 0.411 e. The number of epoxide rings is 1. The fourth-order valence-electron chi connectivity index (χ4n) is 6.86. The molecule has 9 heteroatoms. The van der Waals surface area contributed by atoms with Gasteiger partial charge in [-0.1, -0.05) is 42.5 Å². The molecule has 2 amide bonds. The van der Waals surface area contributed by atoms with Gasteiger partial charge in [-0.3, -0.25) is 14.9 Å². The van der Waals surface area contributed by atoms with Gasteiger partial charge >= 0.3 is 6.09 Å². The number of piperidine rings is 1. The van der Waals surface area contributed by atoms with Gasteiger partial charge in [-0.2, -0.15) is 0 Å². The Bertz CT molecular complexity index is 1500. The van der Waals surface area contributed by atoms with Gasteiger partial charge in [0.2, 0.25) is 5.91 Å². The quantitative estimate of drug-likeness (QED) is 0.187. The number of carbonyl (C=O) groups is 3. The van der Waals surface area contributed by atoms with Crippen molar-refractivity contribution >= 4 is 29.7 Å². The van der Waals surface area contributed by atoms with Crippen LogP contribution in [0.4, 0.5) is 16.2 Å². The van der Waals surface area contributed by atoms with Crippen LogP contribution >= 0.6 is 0 Å². The summed E-state index contributed by atoms with van der Waals surface area (Å²) in [5, 5.41) is 5.89. The van der Waals surface area contributed by atoms with Crippen LogP contribution in [0.25, 0.3) is 11.1 Å². The third-order valence-corrected chi connectivity index (χ3v) is 9.22. The Morgan fingerprint density at radius 3 is 2.40 bits per heavy atom. The van der Waals surface area contributed by atoms with Crippen LogP contribution < -0.4 is 15.4 Å². The van der Waals surface area contributed by atoms with Crippen LogP contribution in [-0.2, 0) is 20.7 Å². The molecule has 3 aliphatic heterocycles. The second-order valence-corrected chi connectivity index (χ2v) is 12.2. The van der Waals surface area contributed by atoms with Crippen molar-refractivity contribution in [2.24, 2.45) is 0 Å². The predicted octanol–water partition coefficient (Wildman–Crippen LogP) is 5.44. The van der Waals surface area contributed by atoms with Crippen molar-refractivity contribution in [1.82, 2.24) is 0 Å². The van der Waals surface area contributed by atoms with E-state index in [1.54, 1.807) is 18.2 Å². The van der Waals surface area contributed by atoms with E-state index in [2.05, 4.69) is 24.7 Å². The van der Waals surface area contributed by atoms with E-state index >= 15 is 0 Å². The van der Waals surface area contributed by atoms with Crippen molar-refractivity contribution in [1.29, 1.82) is 0 Å². The number of nitrogens with zero attached hydrogens (tertiary/aromatic N) is 1. The number of rotatable bonds is 10. The van der Waals surface area contributed by atoms with Gasteiger partial charge in [0.25, 0.3) is 0 Å². The predicted molar refractivity (Wildman–Crippen MR) is 163 cm³/mol. The number of ether oxygens (including phenoxy) is 3. The molecule has 5 atom stereocenters. The van der Waals surface area contributed by atoms with Crippen LogP contribution in [-0.4, -0.2) is 74.4 Å². The van der Waals surface area contributed by atoms with Crippen molar-refractivity contribution in [3.8, 4) is 16.9 Å². The monoisotopic (exact) mass is 584 g/mol. The number of nitrogens with one attached hydrogen (secondary N) is 2. The summed E-state index contributed by atoms with van der Waals surface area (Å²) in [6, 6.07) is 21.5. The summed E-state index contributed by atoms with van der Waals surface area (Å²) in [6.07, 6.45) is 3.91. The van der Waals surface area contributed by atoms with Crippen molar-refractivity contribution < 1.29 is 33.1 Å². The maximum Gasteiger partial charge on any atom is 0.411 e. The lowest BCUT2D eigenvalue weighted by atomic mass is 9.96. The molecule has 3 fully saturated rings. The maximum atomic E-state index is 13.2. The maximum absolute atomic E-state index is 13.2. The van der Waals surface area contributed by atoms with E-state index in [4.69, 9.17) is 14.2 Å². The lowest BCUT2D eigenvalue weighted by Crippen LogP contribution is -2.60. The summed E-state index contributed by atoms with van der Waals surface area (Å²) in [5.41, 5.74) is 4.57. The Morgan fingerprint density at radius 2 is 1.70 bits per heavy atom. The highest BCUT2D eigenvalue weighted by molar-refractivity contribution is 5.93. The molecule has 0 saturated carbocycles. The molecule has 0 spiro atoms. The summed E-state index contributed by atoms with van der Waals surface area (Å²) < 4.78 is 18.1. The molecule has 2 bridgehead atoms. The number of aryl methyl sites for hydroxylation is 1. The highest BCUT2D eigenvalue weighted by atomic mass is 16.6. The average Bonchev–Trinajstić information content (AvgIpc) is 3.77. The molecular weight excluding hydrogens is 546 g/mol. The molecule has 3 heterocycles. The summed E-state index contributed by atoms with van der Waals surface area (Å²) in [7, 11) is 6.01. The van der Waals surface area contributed by atoms with E-state index in [1.807, 2.05) is 48.5 Å². The molecule has 3 aromatic rings. The summed E-state index contributed by atoms with van der Waals surface area (Å²) in [5.74, 6) is 0.289. The van der Waals surface area contributed by atoms with Gasteiger partial charge < -0.3 is 24.0 Å². The zero-order valence-electron chi connectivity index (χ0n) is 24.7. The second-order valence-electron chi connectivity index (χ2n) is 12.2. The van der Waals surface area contributed by atoms with Gasteiger partial charge in [0.05, 0.1) is 32.6 Å². The SMILES string of the molecule is COc1cc(C=O)ccc1NC(=O)CCCc1ccc(-c2ccccc2)c(NC(=O)OC2C[C@@H]3[C@H]4O[C@H]4[C@H](C2)[N+]3(C)C)c1. The first-order valence-corrected chi connectivity index (χ1v) is 14.8. The van der Waals surface area contributed by atoms with E-state index in [1.165, 1.54) is 7.11 Å². The average molecular weight is 585 g/mol. The number of fused-ring (bicyclic) bond motifs is 5. The number of carbonyl (C=O) groups excluding carboxylic acids is 3. The minimum atomic E-state index is -0.450. The second kappa shape index (κ2) is 11.8. The minimum absolute atomic E-state index is 0.132. The molecule has 224 valence electrons. The first-order chi connectivity index (χ1) is 20.8. The van der Waals surface area contributed by atoms with Crippen molar-refractivity contribution in [3.63, 3.8) is 0 Å². The molecule has 0 radical (unpaired) electrons. The zero-order chi connectivity index (χ0) is 30.1. The molecule has 2 N–H and O–H groups in total. The van der Waals surface area contributed by atoms with E-state index in [0.717, 1.165) is 40.3 Å². The number of morpholine rings is 1. The molecule has 3 aliphatic rings. The molecule has 9 nitrogen and oxygen atoms in total. The Labute approximate surface area is 251 Å². The Kier molecular flexibility index (Phi) is 7.94. The number of anilines is 2. The Hall–Kier alpha value is -4.21. The standard InChI is InChI=1S/C34H37N3O6/c1-37(2)28-18-24(19-29(37)33-32(28)43-33)42-34(40)36-27-16-21(12-14-25(27)23-9-5-4-6-10-23)8-7-11-31(39)35-26-15-13-22(20-38)17-30(26)41-3/h4-6,9-10,12-17,20,24,28-29,32-33H,7-8,11,18-19H2,1-3H3,(H-,35,36,38,39,40)/p+1/t24?,28-,29+,32-,33+. The molecule has 0 aliphatic carbocycles. The van der Waals surface area contributed by atoms with Crippen LogP contribution in [0.3, 0.4) is 0 Å². The van der Waals surface area contributed by atoms with E-state index in [-0.39, 0.29) is 12.0 Å². The number of benzene rings is 3. The van der Waals surface area contributed by atoms with Crippen LogP contribution in [0.15, 0.2) is 66.7 Å². The third-order valence-electron chi connectivity index (χ3n) is 9.22. The molecule has 6 rings (SSSR count). The van der Waals surface area contributed by atoms with Gasteiger partial charge in [0.1, 0.15) is 42.4 Å². The third kappa shape index (κ3) is 6.00. The first kappa shape index (κ1) is 28.9. The number of quaternary nitrogens is 1. The minimum Gasteiger partial charge on any atom is -0.495 e. The summed E-state index contributed by atoms with van der Waals surface area (Å²) in [6.45, 7) is 0. The number of amides is 2. The molecular formula is C34H38N3O6+. The Balaban J connectivity index is 1.09. The number of hydrogen-bond donors (Lipinski definition) is 2. The summed E-state index contributed by atoms with van der Waals surface area (Å²) >= 11 is 0. The molecule has 43 heavy (non-hydrogen) atoms. The van der Waals surface area contributed by atoms with Crippen LogP contribution in [0, 0.1) is 0 Å². The lowest BCUT2D eigenvalue weighted by molar-refractivity contribution is -0.938. The Morgan fingerprint density at radius 1 is 0.953 bits per heavy atom. The van der Waals surface area contributed by atoms with Gasteiger partial charge in [0, 0.05) is 30.4 Å². The first-order valence-electron chi connectivity index (χ1n) is 14.8. The van der Waals surface area contributed by atoms with Crippen molar-refractivity contribution in [2.75, 3.05) is 31.8 Å². The molecule has 3 aromatic carbocycles. The number of methoxy groups -OCH3 is 1. The largest absolute Gasteiger partial charge is 0.495 e. The number of likely N-dealkylation sites (N-methyl/N-ethyl adjacent to an activating group) is 1. The van der Waals surface area contributed by atoms with Gasteiger partial charge in [-0.25, -0.2) is 4.79 Å². The van der Waals surface area contributed by atoms with Crippen molar-refractivity contribution in [3.05, 3.63) is 77.9 Å². The van der Waals surface area contributed by atoms with Gasteiger partial charge in [-0.15, -0.1) is 0 Å². The molecule has 1 unspecified atom stereocenters. The van der Waals surface area contributed by atoms with Crippen molar-refractivity contribution in [2.45, 2.75) is 62.5 Å².